The summed E-state index contributed by atoms with van der Waals surface area (Å²) >= 11 is 0. The molecule has 1 fully saturated rings. The van der Waals surface area contributed by atoms with Gasteiger partial charge in [0, 0.05) is 19.3 Å². The smallest absolute Gasteiger partial charge is 0.337 e. The first-order valence-corrected chi connectivity index (χ1v) is 6.23. The normalized spacial score (nSPS) is 16.8. The molecule has 1 saturated heterocycles. The second-order valence-electron chi connectivity index (χ2n) is 4.65. The summed E-state index contributed by atoms with van der Waals surface area (Å²) in [5, 5.41) is 9.26. The molecule has 2 N–H and O–H groups in total. The fourth-order valence-corrected chi connectivity index (χ4v) is 2.65. The van der Waals surface area contributed by atoms with Crippen LogP contribution in [0.25, 0.3) is 11.0 Å². The maximum absolute atomic E-state index is 12.1. The minimum Gasteiger partial charge on any atom is -0.478 e. The molecule has 1 aromatic heterocycles. The van der Waals surface area contributed by atoms with Gasteiger partial charge in [0.25, 0.3) is 0 Å². The Bertz CT molecular complexity index is 679. The number of carboxylic acids is 1. The van der Waals surface area contributed by atoms with Crippen LogP contribution < -0.4 is 5.69 Å². The van der Waals surface area contributed by atoms with Crippen molar-refractivity contribution >= 4 is 17.0 Å². The number of ether oxygens (including phenoxy) is 1. The van der Waals surface area contributed by atoms with E-state index in [1.165, 1.54) is 6.07 Å². The Morgan fingerprint density at radius 2 is 2.11 bits per heavy atom. The van der Waals surface area contributed by atoms with Gasteiger partial charge in [0.1, 0.15) is 0 Å². The van der Waals surface area contributed by atoms with Crippen molar-refractivity contribution in [3.8, 4) is 0 Å². The van der Waals surface area contributed by atoms with Crippen molar-refractivity contribution in [2.75, 3.05) is 13.2 Å². The van der Waals surface area contributed by atoms with Crippen LogP contribution in [0.4, 0.5) is 0 Å². The number of carboxylic acid groups (broad SMARTS) is 1. The third kappa shape index (κ3) is 1.94. The number of aromatic carboxylic acids is 1. The van der Waals surface area contributed by atoms with E-state index in [0.29, 0.717) is 24.2 Å². The van der Waals surface area contributed by atoms with E-state index < -0.39 is 5.97 Å². The highest BCUT2D eigenvalue weighted by Crippen LogP contribution is 2.25. The van der Waals surface area contributed by atoms with E-state index in [-0.39, 0.29) is 17.3 Å². The van der Waals surface area contributed by atoms with Crippen molar-refractivity contribution in [2.24, 2.45) is 0 Å². The average molecular weight is 262 g/mol. The fourth-order valence-electron chi connectivity index (χ4n) is 2.65. The van der Waals surface area contributed by atoms with Crippen LogP contribution >= 0.6 is 0 Å². The fraction of sp³-hybridized carbons (Fsp3) is 0.385. The van der Waals surface area contributed by atoms with Crippen molar-refractivity contribution in [3.05, 3.63) is 34.2 Å². The van der Waals surface area contributed by atoms with E-state index in [4.69, 9.17) is 4.74 Å². The number of imidazole rings is 1. The van der Waals surface area contributed by atoms with Crippen LogP contribution in [0.5, 0.6) is 0 Å². The summed E-state index contributed by atoms with van der Waals surface area (Å²) in [4.78, 5) is 26.1. The number of aromatic nitrogens is 2. The summed E-state index contributed by atoms with van der Waals surface area (Å²) in [6.45, 7) is 1.19. The minimum absolute atomic E-state index is 0.00417. The Labute approximate surface area is 108 Å². The summed E-state index contributed by atoms with van der Waals surface area (Å²) in [5.74, 6) is -1.02. The maximum atomic E-state index is 12.1. The van der Waals surface area contributed by atoms with Gasteiger partial charge in [-0.3, -0.25) is 4.57 Å². The first-order chi connectivity index (χ1) is 9.18. The Kier molecular flexibility index (Phi) is 2.87. The number of nitrogens with zero attached hydrogens (tertiary/aromatic N) is 1. The topological polar surface area (TPSA) is 84.3 Å². The number of rotatable bonds is 2. The van der Waals surface area contributed by atoms with E-state index in [9.17, 15) is 14.7 Å². The molecule has 0 spiro atoms. The molecule has 0 saturated carbocycles. The molecule has 0 bridgehead atoms. The molecule has 1 aromatic carbocycles. The lowest BCUT2D eigenvalue weighted by atomic mass is 10.1. The summed E-state index contributed by atoms with van der Waals surface area (Å²) in [5.41, 5.74) is 0.946. The van der Waals surface area contributed by atoms with Gasteiger partial charge >= 0.3 is 11.7 Å². The highest BCUT2D eigenvalue weighted by Gasteiger charge is 2.23. The number of para-hydroxylation sites is 1. The van der Waals surface area contributed by atoms with Crippen LogP contribution in [0, 0.1) is 0 Å². The van der Waals surface area contributed by atoms with E-state index in [1.54, 1.807) is 16.7 Å². The zero-order chi connectivity index (χ0) is 13.4. The van der Waals surface area contributed by atoms with E-state index >= 15 is 0 Å². The van der Waals surface area contributed by atoms with Crippen LogP contribution in [-0.4, -0.2) is 33.8 Å². The first kappa shape index (κ1) is 12.0. The van der Waals surface area contributed by atoms with Gasteiger partial charge in [-0.25, -0.2) is 9.59 Å². The molecule has 0 amide bonds. The monoisotopic (exact) mass is 262 g/mol. The number of fused-ring (bicyclic) bond motifs is 1. The Morgan fingerprint density at radius 3 is 2.79 bits per heavy atom. The molecule has 0 atom stereocenters. The number of hydrogen-bond acceptors (Lipinski definition) is 3. The molecule has 6 heteroatoms. The van der Waals surface area contributed by atoms with Crippen molar-refractivity contribution in [1.82, 2.24) is 9.55 Å². The van der Waals surface area contributed by atoms with Gasteiger partial charge in [0.05, 0.1) is 16.6 Å². The lowest BCUT2D eigenvalue weighted by Gasteiger charge is -2.23. The van der Waals surface area contributed by atoms with Crippen LogP contribution in [0.3, 0.4) is 0 Å². The number of aromatic amines is 1. The van der Waals surface area contributed by atoms with Crippen molar-refractivity contribution in [3.63, 3.8) is 0 Å². The molecule has 0 unspecified atom stereocenters. The average Bonchev–Trinajstić information content (AvgIpc) is 2.75. The van der Waals surface area contributed by atoms with Gasteiger partial charge in [-0.05, 0) is 25.0 Å². The lowest BCUT2D eigenvalue weighted by molar-refractivity contribution is 0.0685. The van der Waals surface area contributed by atoms with E-state index in [2.05, 4.69) is 4.98 Å². The molecule has 0 radical (unpaired) electrons. The number of hydrogen-bond donors (Lipinski definition) is 2. The van der Waals surface area contributed by atoms with Gasteiger partial charge in [0.15, 0.2) is 0 Å². The SMILES string of the molecule is O=C(O)c1cccc2[nH]c(=O)n(C3CCOCC3)c12. The first-order valence-electron chi connectivity index (χ1n) is 6.23. The second kappa shape index (κ2) is 4.55. The van der Waals surface area contributed by atoms with Crippen LogP contribution in [0.15, 0.2) is 23.0 Å². The molecule has 0 aliphatic carbocycles. The van der Waals surface area contributed by atoms with Crippen molar-refractivity contribution in [2.45, 2.75) is 18.9 Å². The highest BCUT2D eigenvalue weighted by atomic mass is 16.5. The molecule has 1 aliphatic rings. The van der Waals surface area contributed by atoms with Crippen molar-refractivity contribution < 1.29 is 14.6 Å². The number of carbonyl (C=O) groups is 1. The number of benzene rings is 1. The van der Waals surface area contributed by atoms with Gasteiger partial charge in [-0.1, -0.05) is 6.07 Å². The Balaban J connectivity index is 2.25. The Morgan fingerprint density at radius 1 is 1.37 bits per heavy atom. The van der Waals surface area contributed by atoms with Gasteiger partial charge in [-0.2, -0.15) is 0 Å². The molecular weight excluding hydrogens is 248 g/mol. The standard InChI is InChI=1S/C13H14N2O4/c16-12(17)9-2-1-3-10-11(9)15(13(18)14-10)8-4-6-19-7-5-8/h1-3,8H,4-7H2,(H,14,18)(H,16,17). The molecule has 2 aromatic rings. The minimum atomic E-state index is -1.02. The van der Waals surface area contributed by atoms with E-state index in [0.717, 1.165) is 12.8 Å². The van der Waals surface area contributed by atoms with Crippen molar-refractivity contribution in [1.29, 1.82) is 0 Å². The maximum Gasteiger partial charge on any atom is 0.337 e. The van der Waals surface area contributed by atoms with E-state index in [1.807, 2.05) is 0 Å². The molecular formula is C13H14N2O4. The number of nitrogens with one attached hydrogen (secondary N) is 1. The van der Waals surface area contributed by atoms with Crippen LogP contribution in [-0.2, 0) is 4.74 Å². The highest BCUT2D eigenvalue weighted by molar-refractivity contribution is 6.01. The molecule has 2 heterocycles. The zero-order valence-electron chi connectivity index (χ0n) is 10.3. The number of H-pyrrole nitrogens is 1. The summed E-state index contributed by atoms with van der Waals surface area (Å²) in [6, 6.07) is 4.87. The third-order valence-corrected chi connectivity index (χ3v) is 3.52. The third-order valence-electron chi connectivity index (χ3n) is 3.52. The quantitative estimate of drug-likeness (QED) is 0.856. The summed E-state index contributed by atoms with van der Waals surface area (Å²) in [7, 11) is 0. The van der Waals surface area contributed by atoms with Gasteiger partial charge in [-0.15, -0.1) is 0 Å². The van der Waals surface area contributed by atoms with Crippen LogP contribution in [0.2, 0.25) is 0 Å². The largest absolute Gasteiger partial charge is 0.478 e. The summed E-state index contributed by atoms with van der Waals surface area (Å²) in [6.07, 6.45) is 1.45. The zero-order valence-corrected chi connectivity index (χ0v) is 10.3. The molecule has 19 heavy (non-hydrogen) atoms. The summed E-state index contributed by atoms with van der Waals surface area (Å²) < 4.78 is 6.86. The van der Waals surface area contributed by atoms with Crippen LogP contribution in [0.1, 0.15) is 29.2 Å². The predicted molar refractivity (Wildman–Crippen MR) is 68.6 cm³/mol. The molecule has 1 aliphatic heterocycles. The molecule has 3 rings (SSSR count). The van der Waals surface area contributed by atoms with Gasteiger partial charge < -0.3 is 14.8 Å². The van der Waals surface area contributed by atoms with Gasteiger partial charge in [0.2, 0.25) is 0 Å². The molecule has 100 valence electrons. The lowest BCUT2D eigenvalue weighted by Crippen LogP contribution is -2.27. The Hall–Kier alpha value is -2.08. The second-order valence-corrected chi connectivity index (χ2v) is 4.65. The molecule has 6 nitrogen and oxygen atoms in total. The predicted octanol–water partition coefficient (Wildman–Crippen LogP) is 1.38.